The smallest absolute Gasteiger partial charge is 0.241 e. The molecule has 1 N–H and O–H groups in total. The minimum absolute atomic E-state index is 0.216. The lowest BCUT2D eigenvalue weighted by Crippen LogP contribution is -2.49. The molecule has 158 valence electrons. The molecule has 2 aromatic rings. The van der Waals surface area contributed by atoms with E-state index in [1.165, 1.54) is 25.7 Å². The number of sulfonamides is 1. The molecule has 2 aliphatic rings. The Morgan fingerprint density at radius 2 is 1.72 bits per heavy atom. The van der Waals surface area contributed by atoms with Crippen molar-refractivity contribution in [1.82, 2.24) is 9.62 Å². The molecule has 1 aliphatic heterocycles. The number of benzene rings is 1. The van der Waals surface area contributed by atoms with E-state index in [1.54, 1.807) is 18.4 Å². The molecular weight excluding hydrogens is 384 g/mol. The number of furan rings is 1. The average molecular weight is 417 g/mol. The van der Waals surface area contributed by atoms with Gasteiger partial charge < -0.3 is 9.32 Å². The van der Waals surface area contributed by atoms with Crippen LogP contribution in [0.5, 0.6) is 0 Å². The summed E-state index contributed by atoms with van der Waals surface area (Å²) in [4.78, 5) is 2.91. The lowest BCUT2D eigenvalue weighted by Gasteiger charge is -2.44. The Morgan fingerprint density at radius 1 is 1.00 bits per heavy atom. The zero-order chi connectivity index (χ0) is 20.3. The number of nitrogens with one attached hydrogen (secondary N) is 1. The Balaban J connectivity index is 1.63. The van der Waals surface area contributed by atoms with Crippen molar-refractivity contribution < 1.29 is 12.8 Å². The van der Waals surface area contributed by atoms with Gasteiger partial charge in [-0.15, -0.1) is 0 Å². The van der Waals surface area contributed by atoms with Crippen molar-refractivity contribution in [2.75, 3.05) is 13.1 Å². The van der Waals surface area contributed by atoms with Gasteiger partial charge in [0.1, 0.15) is 5.76 Å². The summed E-state index contributed by atoms with van der Waals surface area (Å²) in [7, 11) is -3.63. The van der Waals surface area contributed by atoms with Crippen LogP contribution in [0.2, 0.25) is 0 Å². The second-order valence-corrected chi connectivity index (χ2v) is 10.3. The third-order valence-electron chi connectivity index (χ3n) is 6.53. The number of hydrogen-bond donors (Lipinski definition) is 1. The molecule has 1 saturated carbocycles. The van der Waals surface area contributed by atoms with Gasteiger partial charge in [0.15, 0.2) is 0 Å². The maximum Gasteiger partial charge on any atom is 0.241 e. The summed E-state index contributed by atoms with van der Waals surface area (Å²) in [6.45, 7) is 4.20. The maximum atomic E-state index is 13.2. The monoisotopic (exact) mass is 416 g/mol. The van der Waals surface area contributed by atoms with Crippen LogP contribution in [0.4, 0.5) is 0 Å². The van der Waals surface area contributed by atoms with Crippen LogP contribution < -0.4 is 4.72 Å². The quantitative estimate of drug-likeness (QED) is 0.744. The van der Waals surface area contributed by atoms with E-state index < -0.39 is 10.0 Å². The summed E-state index contributed by atoms with van der Waals surface area (Å²) in [5, 5.41) is 0. The van der Waals surface area contributed by atoms with Gasteiger partial charge in [0.2, 0.25) is 10.0 Å². The number of piperidine rings is 1. The Morgan fingerprint density at radius 3 is 2.41 bits per heavy atom. The SMILES string of the molecule is Cc1ccc(S(=O)(=O)NC(c2ccco2)C2CCCCC2N2CCCCC2)cc1. The summed E-state index contributed by atoms with van der Waals surface area (Å²) in [6.07, 6.45) is 9.92. The van der Waals surface area contributed by atoms with E-state index in [0.717, 1.165) is 43.7 Å². The molecule has 29 heavy (non-hydrogen) atoms. The van der Waals surface area contributed by atoms with E-state index >= 15 is 0 Å². The molecule has 6 heteroatoms. The fourth-order valence-corrected chi connectivity index (χ4v) is 6.27. The molecule has 1 saturated heterocycles. The van der Waals surface area contributed by atoms with Gasteiger partial charge in [0.25, 0.3) is 0 Å². The van der Waals surface area contributed by atoms with E-state index in [9.17, 15) is 8.42 Å². The predicted octanol–water partition coefficient (Wildman–Crippen LogP) is 4.65. The van der Waals surface area contributed by atoms with E-state index in [2.05, 4.69) is 9.62 Å². The minimum Gasteiger partial charge on any atom is -0.468 e. The van der Waals surface area contributed by atoms with Crippen molar-refractivity contribution in [2.24, 2.45) is 5.92 Å². The van der Waals surface area contributed by atoms with Crippen molar-refractivity contribution in [3.8, 4) is 0 Å². The highest BCUT2D eigenvalue weighted by atomic mass is 32.2. The summed E-state index contributed by atoms with van der Waals surface area (Å²) in [6, 6.07) is 10.9. The van der Waals surface area contributed by atoms with Crippen LogP contribution in [0.25, 0.3) is 0 Å². The van der Waals surface area contributed by atoms with Gasteiger partial charge in [-0.1, -0.05) is 37.0 Å². The van der Waals surface area contributed by atoms with Crippen molar-refractivity contribution >= 4 is 10.0 Å². The highest BCUT2D eigenvalue weighted by Gasteiger charge is 2.39. The van der Waals surface area contributed by atoms with Gasteiger partial charge in [0, 0.05) is 6.04 Å². The fourth-order valence-electron chi connectivity index (χ4n) is 5.01. The highest BCUT2D eigenvalue weighted by molar-refractivity contribution is 7.89. The number of nitrogens with zero attached hydrogens (tertiary/aromatic N) is 1. The molecule has 0 radical (unpaired) electrons. The molecule has 1 aromatic heterocycles. The molecular formula is C23H32N2O3S. The predicted molar refractivity (Wildman–Crippen MR) is 114 cm³/mol. The second-order valence-electron chi connectivity index (χ2n) is 8.54. The van der Waals surface area contributed by atoms with E-state index in [1.807, 2.05) is 31.2 Å². The van der Waals surface area contributed by atoms with Gasteiger partial charge in [0.05, 0.1) is 17.2 Å². The van der Waals surface area contributed by atoms with Crippen LogP contribution in [-0.4, -0.2) is 32.4 Å². The third kappa shape index (κ3) is 4.76. The van der Waals surface area contributed by atoms with Gasteiger partial charge in [-0.25, -0.2) is 13.1 Å². The Bertz CT molecular complexity index is 871. The van der Waals surface area contributed by atoms with Crippen molar-refractivity contribution in [3.05, 3.63) is 54.0 Å². The van der Waals surface area contributed by atoms with Gasteiger partial charge in [-0.3, -0.25) is 0 Å². The summed E-state index contributed by atoms with van der Waals surface area (Å²) < 4.78 is 35.2. The first-order chi connectivity index (χ1) is 14.0. The lowest BCUT2D eigenvalue weighted by molar-refractivity contribution is 0.0655. The number of rotatable bonds is 6. The molecule has 0 amide bonds. The molecule has 3 atom stereocenters. The van der Waals surface area contributed by atoms with E-state index in [0.29, 0.717) is 10.9 Å². The number of likely N-dealkylation sites (tertiary alicyclic amines) is 1. The van der Waals surface area contributed by atoms with Crippen LogP contribution in [0.3, 0.4) is 0 Å². The summed E-state index contributed by atoms with van der Waals surface area (Å²) >= 11 is 0. The van der Waals surface area contributed by atoms with Crippen molar-refractivity contribution in [1.29, 1.82) is 0 Å². The van der Waals surface area contributed by atoms with Crippen LogP contribution in [0, 0.1) is 12.8 Å². The lowest BCUT2D eigenvalue weighted by atomic mass is 9.78. The van der Waals surface area contributed by atoms with E-state index in [4.69, 9.17) is 4.42 Å². The van der Waals surface area contributed by atoms with Crippen molar-refractivity contribution in [2.45, 2.75) is 68.8 Å². The Kier molecular flexibility index (Phi) is 6.42. The molecule has 1 aliphatic carbocycles. The van der Waals surface area contributed by atoms with Crippen LogP contribution in [-0.2, 0) is 10.0 Å². The molecule has 5 nitrogen and oxygen atoms in total. The fraction of sp³-hybridized carbons (Fsp3) is 0.565. The molecule has 4 rings (SSSR count). The van der Waals surface area contributed by atoms with Gasteiger partial charge in [-0.05, 0) is 75.9 Å². The molecule has 0 bridgehead atoms. The number of hydrogen-bond acceptors (Lipinski definition) is 4. The maximum absolute atomic E-state index is 13.2. The standard InChI is InChI=1S/C23H32N2O3S/c1-18-11-13-19(14-12-18)29(26,27)24-23(22-10-7-17-28-22)20-8-3-4-9-21(20)25-15-5-2-6-16-25/h7,10-14,17,20-21,23-24H,2-6,8-9,15-16H2,1H3. The molecule has 2 heterocycles. The third-order valence-corrected chi connectivity index (χ3v) is 7.99. The molecule has 0 spiro atoms. The Labute approximate surface area is 174 Å². The first-order valence-electron chi connectivity index (χ1n) is 10.9. The highest BCUT2D eigenvalue weighted by Crippen LogP contribution is 2.39. The van der Waals surface area contributed by atoms with Crippen LogP contribution in [0.1, 0.15) is 62.3 Å². The number of aryl methyl sites for hydroxylation is 1. The van der Waals surface area contributed by atoms with Crippen LogP contribution in [0.15, 0.2) is 52.0 Å². The van der Waals surface area contributed by atoms with Gasteiger partial charge >= 0.3 is 0 Å². The largest absolute Gasteiger partial charge is 0.468 e. The molecule has 3 unspecified atom stereocenters. The normalized spacial score (nSPS) is 25.0. The zero-order valence-corrected chi connectivity index (χ0v) is 18.0. The first-order valence-corrected chi connectivity index (χ1v) is 12.4. The second kappa shape index (κ2) is 9.02. The molecule has 2 fully saturated rings. The molecule has 1 aromatic carbocycles. The van der Waals surface area contributed by atoms with Gasteiger partial charge in [-0.2, -0.15) is 0 Å². The summed E-state index contributed by atoms with van der Waals surface area (Å²) in [5.41, 5.74) is 1.05. The average Bonchev–Trinajstić information content (AvgIpc) is 3.28. The van der Waals surface area contributed by atoms with Crippen molar-refractivity contribution in [3.63, 3.8) is 0 Å². The first kappa shape index (κ1) is 20.6. The Hall–Kier alpha value is -1.63. The van der Waals surface area contributed by atoms with Crippen LogP contribution >= 0.6 is 0 Å². The minimum atomic E-state index is -3.63. The topological polar surface area (TPSA) is 62.6 Å². The summed E-state index contributed by atoms with van der Waals surface area (Å²) in [5.74, 6) is 0.933. The van der Waals surface area contributed by atoms with E-state index in [-0.39, 0.29) is 12.0 Å². The zero-order valence-electron chi connectivity index (χ0n) is 17.2.